The molecule has 0 atom stereocenters. The van der Waals surface area contributed by atoms with E-state index in [9.17, 15) is 9.59 Å². The molecule has 0 aliphatic heterocycles. The Morgan fingerprint density at radius 2 is 2.23 bits per heavy atom. The Labute approximate surface area is 76.0 Å². The summed E-state index contributed by atoms with van der Waals surface area (Å²) in [5.74, 6) is -0.478. The van der Waals surface area contributed by atoms with Crippen molar-refractivity contribution in [1.82, 2.24) is 4.98 Å². The number of nitrogens with one attached hydrogen (secondary N) is 1. The first-order valence-corrected chi connectivity index (χ1v) is 4.38. The van der Waals surface area contributed by atoms with Crippen molar-refractivity contribution in [3.05, 3.63) is 22.0 Å². The second-order valence-electron chi connectivity index (χ2n) is 3.00. The molecule has 0 spiro atoms. The van der Waals surface area contributed by atoms with E-state index in [4.69, 9.17) is 4.42 Å². The monoisotopic (exact) mass is 183 g/mol. The molecule has 0 bridgehead atoms. The summed E-state index contributed by atoms with van der Waals surface area (Å²) in [5, 5.41) is 0. The smallest absolute Gasteiger partial charge is 0.404 e. The van der Waals surface area contributed by atoms with Crippen LogP contribution >= 0.6 is 0 Å². The van der Waals surface area contributed by atoms with Gasteiger partial charge in [0, 0.05) is 6.42 Å². The molecular formula is C9H13NO3. The Hall–Kier alpha value is -1.32. The lowest BCUT2D eigenvalue weighted by atomic mass is 10.1. The first-order valence-electron chi connectivity index (χ1n) is 4.38. The molecule has 4 nitrogen and oxygen atoms in total. The maximum absolute atomic E-state index is 11.4. The van der Waals surface area contributed by atoms with Crippen LogP contribution in [0, 0.1) is 6.92 Å². The molecule has 0 amide bonds. The van der Waals surface area contributed by atoms with Gasteiger partial charge in [0.25, 0.3) is 0 Å². The number of aryl methyl sites for hydroxylation is 1. The standard InChI is InChI=1S/C9H13NO3/c1-3-4-5-7(11)8-6(2)10-9(12)13-8/h3-5H2,1-2H3,(H,10,12). The van der Waals surface area contributed by atoms with Gasteiger partial charge in [-0.25, -0.2) is 4.79 Å². The van der Waals surface area contributed by atoms with Crippen molar-refractivity contribution in [3.8, 4) is 0 Å². The van der Waals surface area contributed by atoms with Crippen LogP contribution in [0.2, 0.25) is 0 Å². The van der Waals surface area contributed by atoms with Crippen molar-refractivity contribution >= 4 is 5.78 Å². The molecule has 0 saturated heterocycles. The van der Waals surface area contributed by atoms with Crippen LogP contribution in [0.15, 0.2) is 9.21 Å². The van der Waals surface area contributed by atoms with Crippen LogP contribution in [0.25, 0.3) is 0 Å². The van der Waals surface area contributed by atoms with E-state index in [1.54, 1.807) is 6.92 Å². The fourth-order valence-corrected chi connectivity index (χ4v) is 1.12. The summed E-state index contributed by atoms with van der Waals surface area (Å²) in [4.78, 5) is 24.5. The van der Waals surface area contributed by atoms with Gasteiger partial charge in [0.05, 0.1) is 5.69 Å². The van der Waals surface area contributed by atoms with Crippen LogP contribution in [0.3, 0.4) is 0 Å². The highest BCUT2D eigenvalue weighted by Crippen LogP contribution is 2.07. The zero-order valence-electron chi connectivity index (χ0n) is 7.85. The van der Waals surface area contributed by atoms with Crippen molar-refractivity contribution in [1.29, 1.82) is 0 Å². The Morgan fingerprint density at radius 3 is 2.69 bits per heavy atom. The van der Waals surface area contributed by atoms with Crippen LogP contribution in [-0.4, -0.2) is 10.8 Å². The van der Waals surface area contributed by atoms with E-state index in [1.165, 1.54) is 0 Å². The van der Waals surface area contributed by atoms with Crippen LogP contribution in [0.4, 0.5) is 0 Å². The van der Waals surface area contributed by atoms with E-state index in [-0.39, 0.29) is 11.5 Å². The minimum atomic E-state index is -0.558. The molecule has 0 radical (unpaired) electrons. The zero-order chi connectivity index (χ0) is 9.84. The summed E-state index contributed by atoms with van der Waals surface area (Å²) < 4.78 is 4.71. The number of oxazole rings is 1. The topological polar surface area (TPSA) is 63.1 Å². The minimum absolute atomic E-state index is 0.0994. The maximum Gasteiger partial charge on any atom is 0.417 e. The Morgan fingerprint density at radius 1 is 1.54 bits per heavy atom. The number of Topliss-reactive ketones (excluding diaryl/α,β-unsaturated/α-hetero) is 1. The van der Waals surface area contributed by atoms with Gasteiger partial charge in [0.1, 0.15) is 0 Å². The lowest BCUT2D eigenvalue weighted by Crippen LogP contribution is -1.99. The molecule has 1 aromatic rings. The van der Waals surface area contributed by atoms with E-state index in [0.717, 1.165) is 12.8 Å². The number of carbonyl (C=O) groups excluding carboxylic acids is 1. The minimum Gasteiger partial charge on any atom is -0.404 e. The third kappa shape index (κ3) is 2.31. The largest absolute Gasteiger partial charge is 0.417 e. The van der Waals surface area contributed by atoms with Crippen molar-refractivity contribution in [2.45, 2.75) is 33.1 Å². The SMILES string of the molecule is CCCCC(=O)c1oc(=O)[nH]c1C. The number of aromatic amines is 1. The molecule has 0 aliphatic rings. The van der Waals surface area contributed by atoms with Crippen molar-refractivity contribution in [2.24, 2.45) is 0 Å². The number of ketones is 1. The summed E-state index contributed by atoms with van der Waals surface area (Å²) in [5.41, 5.74) is 0.520. The molecule has 1 N–H and O–H groups in total. The lowest BCUT2D eigenvalue weighted by Gasteiger charge is -1.94. The van der Waals surface area contributed by atoms with Crippen molar-refractivity contribution in [3.63, 3.8) is 0 Å². The molecule has 1 aromatic heterocycles. The van der Waals surface area contributed by atoms with Gasteiger partial charge in [0.15, 0.2) is 11.5 Å². The Balaban J connectivity index is 2.76. The second kappa shape index (κ2) is 4.07. The summed E-state index contributed by atoms with van der Waals surface area (Å²) >= 11 is 0. The third-order valence-electron chi connectivity index (χ3n) is 1.84. The van der Waals surface area contributed by atoms with Gasteiger partial charge in [-0.05, 0) is 13.3 Å². The number of H-pyrrole nitrogens is 1. The van der Waals surface area contributed by atoms with Crippen LogP contribution in [-0.2, 0) is 0 Å². The Kier molecular flexibility index (Phi) is 3.06. The first kappa shape index (κ1) is 9.77. The van der Waals surface area contributed by atoms with Gasteiger partial charge in [-0.2, -0.15) is 0 Å². The first-order chi connectivity index (χ1) is 6.15. The highest BCUT2D eigenvalue weighted by atomic mass is 16.4. The molecule has 72 valence electrons. The predicted molar refractivity (Wildman–Crippen MR) is 47.9 cm³/mol. The fourth-order valence-electron chi connectivity index (χ4n) is 1.12. The van der Waals surface area contributed by atoms with Crippen LogP contribution in [0.1, 0.15) is 42.4 Å². The molecule has 13 heavy (non-hydrogen) atoms. The number of carbonyl (C=O) groups is 1. The number of hydrogen-bond donors (Lipinski definition) is 1. The average Bonchev–Trinajstić information content (AvgIpc) is 2.41. The highest BCUT2D eigenvalue weighted by molar-refractivity contribution is 5.94. The lowest BCUT2D eigenvalue weighted by molar-refractivity contribution is 0.0950. The molecule has 0 unspecified atom stereocenters. The van der Waals surface area contributed by atoms with E-state index in [0.29, 0.717) is 12.1 Å². The highest BCUT2D eigenvalue weighted by Gasteiger charge is 2.13. The van der Waals surface area contributed by atoms with Gasteiger partial charge in [-0.1, -0.05) is 13.3 Å². The molecule has 0 aromatic carbocycles. The number of unbranched alkanes of at least 4 members (excludes halogenated alkanes) is 1. The third-order valence-corrected chi connectivity index (χ3v) is 1.84. The van der Waals surface area contributed by atoms with E-state index in [2.05, 4.69) is 4.98 Å². The summed E-state index contributed by atoms with van der Waals surface area (Å²) in [7, 11) is 0. The molecule has 0 fully saturated rings. The average molecular weight is 183 g/mol. The van der Waals surface area contributed by atoms with Crippen molar-refractivity contribution in [2.75, 3.05) is 0 Å². The number of hydrogen-bond acceptors (Lipinski definition) is 3. The Bertz CT molecular complexity index is 348. The zero-order valence-corrected chi connectivity index (χ0v) is 7.85. The second-order valence-corrected chi connectivity index (χ2v) is 3.00. The molecule has 1 rings (SSSR count). The van der Waals surface area contributed by atoms with Crippen LogP contribution in [0.5, 0.6) is 0 Å². The maximum atomic E-state index is 11.4. The van der Waals surface area contributed by atoms with Crippen molar-refractivity contribution < 1.29 is 9.21 Å². The molecule has 0 saturated carbocycles. The molecular weight excluding hydrogens is 170 g/mol. The van der Waals surface area contributed by atoms with Gasteiger partial charge in [-0.3, -0.25) is 9.78 Å². The van der Waals surface area contributed by atoms with E-state index < -0.39 is 5.76 Å². The number of rotatable bonds is 4. The predicted octanol–water partition coefficient (Wildman–Crippen LogP) is 1.65. The van der Waals surface area contributed by atoms with E-state index >= 15 is 0 Å². The van der Waals surface area contributed by atoms with Gasteiger partial charge < -0.3 is 4.42 Å². The van der Waals surface area contributed by atoms with Crippen LogP contribution < -0.4 is 5.76 Å². The van der Waals surface area contributed by atoms with E-state index in [1.807, 2.05) is 6.92 Å². The summed E-state index contributed by atoms with van der Waals surface area (Å²) in [6.45, 7) is 3.66. The summed E-state index contributed by atoms with van der Waals surface area (Å²) in [6, 6.07) is 0. The molecule has 1 heterocycles. The fraction of sp³-hybridized carbons (Fsp3) is 0.556. The molecule has 0 aliphatic carbocycles. The van der Waals surface area contributed by atoms with Gasteiger partial charge in [-0.15, -0.1) is 0 Å². The normalized spacial score (nSPS) is 10.3. The number of aromatic nitrogens is 1. The molecule has 4 heteroatoms. The van der Waals surface area contributed by atoms with Gasteiger partial charge in [0.2, 0.25) is 0 Å². The van der Waals surface area contributed by atoms with Gasteiger partial charge >= 0.3 is 5.76 Å². The quantitative estimate of drug-likeness (QED) is 0.722. The summed E-state index contributed by atoms with van der Waals surface area (Å²) in [6.07, 6.45) is 2.23.